The summed E-state index contributed by atoms with van der Waals surface area (Å²) in [6.07, 6.45) is 0. The number of likely N-dealkylation sites (N-methyl/N-ethyl adjacent to an activating group) is 1. The van der Waals surface area contributed by atoms with Crippen LogP contribution >= 0.6 is 0 Å². The van der Waals surface area contributed by atoms with Crippen molar-refractivity contribution in [3.8, 4) is 0 Å². The Bertz CT molecular complexity index is 512. The molecule has 0 amide bonds. The molecular formula is C12H22N4O2S. The van der Waals surface area contributed by atoms with Crippen LogP contribution in [0, 0.1) is 0 Å². The minimum Gasteiger partial charge on any atom is -0.397 e. The number of benzene rings is 1. The highest BCUT2D eigenvalue weighted by molar-refractivity contribution is 7.89. The quantitative estimate of drug-likeness (QED) is 0.639. The van der Waals surface area contributed by atoms with Crippen LogP contribution in [0.4, 0.5) is 11.4 Å². The molecule has 5 N–H and O–H groups in total. The number of primary sulfonamides is 1. The molecule has 1 aromatic carbocycles. The molecule has 0 aromatic heterocycles. The standard InChI is InChI=1S/C12H22N4O2S/c1-3-16(4-2)8-7-15-12-6-5-10(9-11(12)13)19(14,17)18/h5-6,9,15H,3-4,7-8,13H2,1-2H3,(H2,14,17,18). The first-order valence-electron chi connectivity index (χ1n) is 6.27. The van der Waals surface area contributed by atoms with Crippen LogP contribution in [-0.4, -0.2) is 39.5 Å². The Morgan fingerprint density at radius 2 is 1.89 bits per heavy atom. The van der Waals surface area contributed by atoms with Crippen LogP contribution in [0.5, 0.6) is 0 Å². The zero-order valence-corrected chi connectivity index (χ0v) is 12.2. The molecule has 0 saturated heterocycles. The van der Waals surface area contributed by atoms with E-state index in [1.807, 2.05) is 0 Å². The van der Waals surface area contributed by atoms with E-state index in [1.54, 1.807) is 6.07 Å². The van der Waals surface area contributed by atoms with Gasteiger partial charge in [-0.25, -0.2) is 13.6 Å². The van der Waals surface area contributed by atoms with Crippen molar-refractivity contribution in [1.82, 2.24) is 4.90 Å². The minimum absolute atomic E-state index is 0.0271. The van der Waals surface area contributed by atoms with Crippen LogP contribution in [0.3, 0.4) is 0 Å². The Morgan fingerprint density at radius 3 is 2.37 bits per heavy atom. The van der Waals surface area contributed by atoms with Crippen molar-refractivity contribution in [3.05, 3.63) is 18.2 Å². The van der Waals surface area contributed by atoms with Gasteiger partial charge in [-0.15, -0.1) is 0 Å². The van der Waals surface area contributed by atoms with Gasteiger partial charge in [-0.1, -0.05) is 13.8 Å². The summed E-state index contributed by atoms with van der Waals surface area (Å²) in [6, 6.07) is 4.46. The van der Waals surface area contributed by atoms with Gasteiger partial charge in [0.15, 0.2) is 0 Å². The van der Waals surface area contributed by atoms with Crippen molar-refractivity contribution >= 4 is 21.4 Å². The molecule has 0 fully saturated rings. The van der Waals surface area contributed by atoms with Crippen LogP contribution in [0.15, 0.2) is 23.1 Å². The Kier molecular flexibility index (Phi) is 5.59. The average molecular weight is 286 g/mol. The first kappa shape index (κ1) is 15.7. The predicted octanol–water partition coefficient (Wildman–Crippen LogP) is 0.670. The molecule has 0 aliphatic heterocycles. The highest BCUT2D eigenvalue weighted by Crippen LogP contribution is 2.21. The maximum absolute atomic E-state index is 11.2. The van der Waals surface area contributed by atoms with Gasteiger partial charge in [-0.05, 0) is 31.3 Å². The molecule has 19 heavy (non-hydrogen) atoms. The number of anilines is 2. The lowest BCUT2D eigenvalue weighted by Gasteiger charge is -2.19. The first-order chi connectivity index (χ1) is 8.88. The Morgan fingerprint density at radius 1 is 1.26 bits per heavy atom. The van der Waals surface area contributed by atoms with Crippen molar-refractivity contribution in [1.29, 1.82) is 0 Å². The zero-order chi connectivity index (χ0) is 14.5. The summed E-state index contributed by atoms with van der Waals surface area (Å²) in [7, 11) is -3.70. The third-order valence-corrected chi connectivity index (χ3v) is 3.90. The van der Waals surface area contributed by atoms with E-state index < -0.39 is 10.0 Å². The summed E-state index contributed by atoms with van der Waals surface area (Å²) in [5.74, 6) is 0. The second-order valence-electron chi connectivity index (χ2n) is 4.25. The number of hydrogen-bond acceptors (Lipinski definition) is 5. The fourth-order valence-electron chi connectivity index (χ4n) is 1.77. The van der Waals surface area contributed by atoms with Crippen LogP contribution in [0.2, 0.25) is 0 Å². The van der Waals surface area contributed by atoms with E-state index in [1.165, 1.54) is 12.1 Å². The molecule has 0 aliphatic rings. The van der Waals surface area contributed by atoms with E-state index in [-0.39, 0.29) is 4.90 Å². The molecule has 0 aliphatic carbocycles. The van der Waals surface area contributed by atoms with Gasteiger partial charge in [0.2, 0.25) is 10.0 Å². The largest absolute Gasteiger partial charge is 0.397 e. The number of sulfonamides is 1. The summed E-state index contributed by atoms with van der Waals surface area (Å²) >= 11 is 0. The van der Waals surface area contributed by atoms with Gasteiger partial charge in [0, 0.05) is 13.1 Å². The predicted molar refractivity (Wildman–Crippen MR) is 78.5 cm³/mol. The van der Waals surface area contributed by atoms with Crippen molar-refractivity contribution in [2.24, 2.45) is 5.14 Å². The highest BCUT2D eigenvalue weighted by atomic mass is 32.2. The van der Waals surface area contributed by atoms with E-state index in [2.05, 4.69) is 24.1 Å². The molecule has 0 saturated carbocycles. The number of nitrogens with zero attached hydrogens (tertiary/aromatic N) is 1. The highest BCUT2D eigenvalue weighted by Gasteiger charge is 2.09. The van der Waals surface area contributed by atoms with Crippen LogP contribution in [-0.2, 0) is 10.0 Å². The molecule has 0 unspecified atom stereocenters. The van der Waals surface area contributed by atoms with Crippen molar-refractivity contribution < 1.29 is 8.42 Å². The fourth-order valence-corrected chi connectivity index (χ4v) is 2.32. The third kappa shape index (κ3) is 4.70. The van der Waals surface area contributed by atoms with Crippen molar-refractivity contribution in [3.63, 3.8) is 0 Å². The minimum atomic E-state index is -3.70. The molecule has 7 heteroatoms. The number of nitrogens with one attached hydrogen (secondary N) is 1. The first-order valence-corrected chi connectivity index (χ1v) is 7.81. The Balaban J connectivity index is 2.66. The molecule has 0 radical (unpaired) electrons. The van der Waals surface area contributed by atoms with E-state index in [0.29, 0.717) is 5.69 Å². The number of hydrogen-bond donors (Lipinski definition) is 3. The average Bonchev–Trinajstić information content (AvgIpc) is 2.35. The van der Waals surface area contributed by atoms with E-state index in [4.69, 9.17) is 10.9 Å². The van der Waals surface area contributed by atoms with Crippen LogP contribution < -0.4 is 16.2 Å². The fraction of sp³-hybridized carbons (Fsp3) is 0.500. The molecule has 0 atom stereocenters. The summed E-state index contributed by atoms with van der Waals surface area (Å²) in [4.78, 5) is 2.31. The van der Waals surface area contributed by atoms with Gasteiger partial charge in [-0.2, -0.15) is 0 Å². The van der Waals surface area contributed by atoms with E-state index >= 15 is 0 Å². The van der Waals surface area contributed by atoms with Gasteiger partial charge in [0.1, 0.15) is 0 Å². The smallest absolute Gasteiger partial charge is 0.238 e. The number of nitrogens with two attached hydrogens (primary N) is 2. The maximum atomic E-state index is 11.2. The summed E-state index contributed by atoms with van der Waals surface area (Å²) < 4.78 is 22.3. The lowest BCUT2D eigenvalue weighted by Crippen LogP contribution is -2.28. The number of nitrogen functional groups attached to an aromatic ring is 1. The number of rotatable bonds is 7. The molecule has 6 nitrogen and oxygen atoms in total. The molecule has 1 rings (SSSR count). The zero-order valence-electron chi connectivity index (χ0n) is 11.4. The Labute approximate surface area is 114 Å². The molecular weight excluding hydrogens is 264 g/mol. The van der Waals surface area contributed by atoms with Crippen molar-refractivity contribution in [2.45, 2.75) is 18.7 Å². The molecule has 0 bridgehead atoms. The van der Waals surface area contributed by atoms with Crippen LogP contribution in [0.1, 0.15) is 13.8 Å². The van der Waals surface area contributed by atoms with Gasteiger partial charge in [0.05, 0.1) is 16.3 Å². The summed E-state index contributed by atoms with van der Waals surface area (Å²) in [6.45, 7) is 7.87. The maximum Gasteiger partial charge on any atom is 0.238 e. The molecule has 108 valence electrons. The lowest BCUT2D eigenvalue weighted by molar-refractivity contribution is 0.316. The normalized spacial score (nSPS) is 11.8. The second kappa shape index (κ2) is 6.74. The van der Waals surface area contributed by atoms with Crippen molar-refractivity contribution in [2.75, 3.05) is 37.2 Å². The van der Waals surface area contributed by atoms with Gasteiger partial charge in [-0.3, -0.25) is 0 Å². The molecule has 0 spiro atoms. The monoisotopic (exact) mass is 286 g/mol. The van der Waals surface area contributed by atoms with E-state index in [0.717, 1.165) is 31.9 Å². The van der Waals surface area contributed by atoms with Gasteiger partial charge in [0.25, 0.3) is 0 Å². The summed E-state index contributed by atoms with van der Waals surface area (Å²) in [5.41, 5.74) is 6.91. The second-order valence-corrected chi connectivity index (χ2v) is 5.81. The summed E-state index contributed by atoms with van der Waals surface area (Å²) in [5, 5.41) is 8.23. The third-order valence-electron chi connectivity index (χ3n) is 2.99. The molecule has 0 heterocycles. The topological polar surface area (TPSA) is 101 Å². The Hall–Kier alpha value is -1.31. The van der Waals surface area contributed by atoms with Gasteiger partial charge >= 0.3 is 0 Å². The SMILES string of the molecule is CCN(CC)CCNc1ccc(S(N)(=O)=O)cc1N. The van der Waals surface area contributed by atoms with E-state index in [9.17, 15) is 8.42 Å². The lowest BCUT2D eigenvalue weighted by atomic mass is 10.2. The van der Waals surface area contributed by atoms with Crippen LogP contribution in [0.25, 0.3) is 0 Å². The van der Waals surface area contributed by atoms with Gasteiger partial charge < -0.3 is 16.0 Å². The molecule has 1 aromatic rings.